The first kappa shape index (κ1) is 24.1. The fourth-order valence-electron chi connectivity index (χ4n) is 3.50. The Morgan fingerprint density at radius 1 is 1.06 bits per heavy atom. The fraction of sp³-hybridized carbons (Fsp3) is 0.348. The number of aryl methyl sites for hydroxylation is 3. The Kier molecular flexibility index (Phi) is 6.14. The van der Waals surface area contributed by atoms with Gasteiger partial charge in [0.2, 0.25) is 0 Å². The maximum Gasteiger partial charge on any atom is 0.416 e. The molecule has 0 saturated carbocycles. The van der Waals surface area contributed by atoms with Crippen LogP contribution in [-0.2, 0) is 17.5 Å². The number of halogens is 3. The van der Waals surface area contributed by atoms with E-state index in [1.807, 2.05) is 0 Å². The maximum atomic E-state index is 13.0. The van der Waals surface area contributed by atoms with E-state index in [4.69, 9.17) is 4.74 Å². The van der Waals surface area contributed by atoms with Gasteiger partial charge in [0.15, 0.2) is 5.60 Å². The van der Waals surface area contributed by atoms with Gasteiger partial charge in [0, 0.05) is 0 Å². The number of rotatable bonds is 6. The van der Waals surface area contributed by atoms with Crippen LogP contribution in [0.1, 0.15) is 41.7 Å². The van der Waals surface area contributed by atoms with Gasteiger partial charge >= 0.3 is 17.8 Å². The molecule has 0 amide bonds. The molecule has 0 bridgehead atoms. The fourth-order valence-corrected chi connectivity index (χ4v) is 3.50. The van der Waals surface area contributed by atoms with Crippen LogP contribution in [-0.4, -0.2) is 31.0 Å². The van der Waals surface area contributed by atoms with E-state index in [9.17, 15) is 27.9 Å². The third-order valence-corrected chi connectivity index (χ3v) is 5.25. The molecule has 0 aliphatic heterocycles. The molecule has 0 unspecified atom stereocenters. The SMILES string of the molecule is Cc1cc(-n2cnn(Cc3cc(C)c(OC(C)(C)C(=O)O)c(C)c3)c2=O)ccc1C(F)(F)F. The number of carboxylic acids is 1. The Balaban J connectivity index is 1.89. The normalized spacial score (nSPS) is 12.1. The number of alkyl halides is 3. The first-order chi connectivity index (χ1) is 15.2. The van der Waals surface area contributed by atoms with E-state index in [-0.39, 0.29) is 17.8 Å². The molecule has 0 saturated heterocycles. The molecule has 3 rings (SSSR count). The van der Waals surface area contributed by atoms with Crippen LogP contribution < -0.4 is 10.4 Å². The molecule has 10 heteroatoms. The summed E-state index contributed by atoms with van der Waals surface area (Å²) in [6.45, 7) is 7.92. The summed E-state index contributed by atoms with van der Waals surface area (Å²) in [7, 11) is 0. The molecule has 1 aromatic heterocycles. The maximum absolute atomic E-state index is 13.0. The molecule has 7 nitrogen and oxygen atoms in total. The van der Waals surface area contributed by atoms with Crippen molar-refractivity contribution in [3.05, 3.63) is 75.0 Å². The standard InChI is InChI=1S/C23H24F3N3O4/c1-13-10-17(6-7-18(13)23(24,25)26)28-12-27-29(21(28)32)11-16-8-14(2)19(15(3)9-16)33-22(4,5)20(30)31/h6-10,12H,11H2,1-5H3,(H,30,31). The first-order valence-electron chi connectivity index (χ1n) is 10.1. The lowest BCUT2D eigenvalue weighted by atomic mass is 10.0. The van der Waals surface area contributed by atoms with Crippen molar-refractivity contribution in [1.82, 2.24) is 14.3 Å². The Labute approximate surface area is 188 Å². The lowest BCUT2D eigenvalue weighted by molar-refractivity contribution is -0.152. The highest BCUT2D eigenvalue weighted by molar-refractivity contribution is 5.77. The minimum absolute atomic E-state index is 0.00535. The molecule has 0 fully saturated rings. The van der Waals surface area contributed by atoms with Gasteiger partial charge in [-0.05, 0) is 75.1 Å². The van der Waals surface area contributed by atoms with E-state index in [0.717, 1.165) is 11.6 Å². The Morgan fingerprint density at radius 3 is 2.18 bits per heavy atom. The highest BCUT2D eigenvalue weighted by Crippen LogP contribution is 2.32. The molecule has 1 N–H and O–H groups in total. The van der Waals surface area contributed by atoms with Gasteiger partial charge in [-0.3, -0.25) is 0 Å². The van der Waals surface area contributed by atoms with Gasteiger partial charge < -0.3 is 9.84 Å². The molecule has 0 radical (unpaired) electrons. The van der Waals surface area contributed by atoms with Crippen molar-refractivity contribution in [2.45, 2.75) is 52.9 Å². The highest BCUT2D eigenvalue weighted by atomic mass is 19.4. The molecule has 0 aliphatic carbocycles. The van der Waals surface area contributed by atoms with E-state index in [1.165, 1.54) is 48.5 Å². The summed E-state index contributed by atoms with van der Waals surface area (Å²) in [6, 6.07) is 7.01. The average molecular weight is 463 g/mol. The smallest absolute Gasteiger partial charge is 0.416 e. The number of hydrogen-bond donors (Lipinski definition) is 1. The zero-order valence-electron chi connectivity index (χ0n) is 18.8. The summed E-state index contributed by atoms with van der Waals surface area (Å²) in [5, 5.41) is 13.4. The van der Waals surface area contributed by atoms with Crippen LogP contribution in [0.4, 0.5) is 13.2 Å². The van der Waals surface area contributed by atoms with E-state index >= 15 is 0 Å². The zero-order chi connectivity index (χ0) is 24.7. The summed E-state index contributed by atoms with van der Waals surface area (Å²) < 4.78 is 47.1. The number of aromatic nitrogens is 3. The molecular weight excluding hydrogens is 439 g/mol. The van der Waals surface area contributed by atoms with Gasteiger partial charge in [-0.2, -0.15) is 18.3 Å². The lowest BCUT2D eigenvalue weighted by Crippen LogP contribution is -2.38. The molecule has 176 valence electrons. The number of hydrogen-bond acceptors (Lipinski definition) is 4. The number of carbonyl (C=O) groups is 1. The molecule has 33 heavy (non-hydrogen) atoms. The van der Waals surface area contributed by atoms with Gasteiger partial charge in [-0.15, -0.1) is 0 Å². The van der Waals surface area contributed by atoms with Gasteiger partial charge in [-0.1, -0.05) is 12.1 Å². The quantitative estimate of drug-likeness (QED) is 0.590. The number of benzene rings is 2. The monoisotopic (exact) mass is 463 g/mol. The summed E-state index contributed by atoms with van der Waals surface area (Å²) in [5.41, 5.74) is -0.249. The van der Waals surface area contributed by atoms with Gasteiger partial charge in [-0.25, -0.2) is 18.8 Å². The van der Waals surface area contributed by atoms with Gasteiger partial charge in [0.1, 0.15) is 12.1 Å². The third kappa shape index (κ3) is 4.94. The highest BCUT2D eigenvalue weighted by Gasteiger charge is 2.32. The predicted molar refractivity (Wildman–Crippen MR) is 115 cm³/mol. The first-order valence-corrected chi connectivity index (χ1v) is 10.1. The van der Waals surface area contributed by atoms with Gasteiger partial charge in [0.25, 0.3) is 0 Å². The Hall–Kier alpha value is -3.56. The van der Waals surface area contributed by atoms with Crippen molar-refractivity contribution < 1.29 is 27.8 Å². The summed E-state index contributed by atoms with van der Waals surface area (Å²) in [5.74, 6) is -0.648. The van der Waals surface area contributed by atoms with Crippen molar-refractivity contribution in [3.63, 3.8) is 0 Å². The number of aliphatic carboxylic acids is 1. The zero-order valence-corrected chi connectivity index (χ0v) is 18.8. The summed E-state index contributed by atoms with van der Waals surface area (Å²) in [6.07, 6.45) is -3.21. The lowest BCUT2D eigenvalue weighted by Gasteiger charge is -2.24. The van der Waals surface area contributed by atoms with Crippen molar-refractivity contribution in [2.75, 3.05) is 0 Å². The Morgan fingerprint density at radius 2 is 1.67 bits per heavy atom. The van der Waals surface area contributed by atoms with Crippen molar-refractivity contribution >= 4 is 5.97 Å². The Bertz CT molecular complexity index is 1250. The van der Waals surface area contributed by atoms with Crippen molar-refractivity contribution in [2.24, 2.45) is 0 Å². The topological polar surface area (TPSA) is 86.3 Å². The van der Waals surface area contributed by atoms with E-state index in [0.29, 0.717) is 16.9 Å². The molecule has 0 spiro atoms. The van der Waals surface area contributed by atoms with Crippen LogP contribution in [0.15, 0.2) is 41.5 Å². The molecular formula is C23H24F3N3O4. The second-order valence-electron chi connectivity index (χ2n) is 8.41. The van der Waals surface area contributed by atoms with E-state index < -0.39 is 29.0 Å². The van der Waals surface area contributed by atoms with Crippen LogP contribution in [0.5, 0.6) is 5.75 Å². The van der Waals surface area contributed by atoms with Crippen LogP contribution in [0.3, 0.4) is 0 Å². The number of ether oxygens (including phenoxy) is 1. The van der Waals surface area contributed by atoms with Crippen LogP contribution in [0.2, 0.25) is 0 Å². The second kappa shape index (κ2) is 8.42. The minimum atomic E-state index is -4.47. The molecule has 2 aromatic carbocycles. The van der Waals surface area contributed by atoms with Crippen molar-refractivity contribution in [1.29, 1.82) is 0 Å². The van der Waals surface area contributed by atoms with Crippen LogP contribution in [0, 0.1) is 20.8 Å². The van der Waals surface area contributed by atoms with E-state index in [1.54, 1.807) is 26.0 Å². The number of carboxylic acid groups (broad SMARTS) is 1. The van der Waals surface area contributed by atoms with Crippen molar-refractivity contribution in [3.8, 4) is 11.4 Å². The molecule has 0 aliphatic rings. The van der Waals surface area contributed by atoms with Crippen LogP contribution >= 0.6 is 0 Å². The summed E-state index contributed by atoms with van der Waals surface area (Å²) in [4.78, 5) is 24.2. The van der Waals surface area contributed by atoms with E-state index in [2.05, 4.69) is 5.10 Å². The van der Waals surface area contributed by atoms with Crippen LogP contribution in [0.25, 0.3) is 5.69 Å². The van der Waals surface area contributed by atoms with Gasteiger partial charge in [0.05, 0.1) is 17.8 Å². The molecule has 1 heterocycles. The number of nitrogens with zero attached hydrogens (tertiary/aromatic N) is 3. The molecule has 3 aromatic rings. The second-order valence-corrected chi connectivity index (χ2v) is 8.41. The third-order valence-electron chi connectivity index (χ3n) is 5.25. The minimum Gasteiger partial charge on any atom is -0.478 e. The largest absolute Gasteiger partial charge is 0.478 e. The average Bonchev–Trinajstić information content (AvgIpc) is 3.04. The molecule has 0 atom stereocenters. The summed E-state index contributed by atoms with van der Waals surface area (Å²) >= 11 is 0. The predicted octanol–water partition coefficient (Wildman–Crippen LogP) is 4.27.